The maximum Gasteiger partial charge on any atom is 0.280 e. The third-order valence-corrected chi connectivity index (χ3v) is 4.52. The van der Waals surface area contributed by atoms with Gasteiger partial charge in [0.05, 0.1) is 28.0 Å². The van der Waals surface area contributed by atoms with Crippen molar-refractivity contribution in [3.8, 4) is 0 Å². The van der Waals surface area contributed by atoms with Gasteiger partial charge in [0.25, 0.3) is 5.91 Å². The number of nitrogens with one attached hydrogen (secondary N) is 1. The molecule has 0 saturated carbocycles. The summed E-state index contributed by atoms with van der Waals surface area (Å²) in [6.45, 7) is 7.71. The molecule has 8 heteroatoms. The van der Waals surface area contributed by atoms with Gasteiger partial charge in [0.15, 0.2) is 5.69 Å². The van der Waals surface area contributed by atoms with E-state index in [1.54, 1.807) is 25.2 Å². The summed E-state index contributed by atoms with van der Waals surface area (Å²) in [6, 6.07) is 5.09. The molecule has 0 unspecified atom stereocenters. The molecule has 0 radical (unpaired) electrons. The summed E-state index contributed by atoms with van der Waals surface area (Å²) < 4.78 is 3.33. The minimum absolute atomic E-state index is 0.160. The van der Waals surface area contributed by atoms with Crippen LogP contribution in [0.2, 0.25) is 5.02 Å². The van der Waals surface area contributed by atoms with Gasteiger partial charge in [-0.3, -0.25) is 19.0 Å². The van der Waals surface area contributed by atoms with E-state index in [1.807, 2.05) is 32.4 Å². The van der Waals surface area contributed by atoms with Crippen LogP contribution in [0, 0.1) is 13.8 Å². The quantitative estimate of drug-likeness (QED) is 0.764. The van der Waals surface area contributed by atoms with Gasteiger partial charge in [-0.25, -0.2) is 0 Å². The van der Waals surface area contributed by atoms with Gasteiger partial charge in [-0.15, -0.1) is 0 Å². The summed E-state index contributed by atoms with van der Waals surface area (Å²) in [6.07, 6.45) is 0. The number of carbonyl (C=O) groups excluding carboxylic acids is 1. The maximum atomic E-state index is 12.7. The van der Waals surface area contributed by atoms with Gasteiger partial charge in [0.1, 0.15) is 0 Å². The summed E-state index contributed by atoms with van der Waals surface area (Å²) in [5.74, 6) is -0.568. The van der Waals surface area contributed by atoms with Gasteiger partial charge < -0.3 is 5.32 Å². The molecule has 0 saturated heterocycles. The zero-order valence-corrected chi connectivity index (χ0v) is 16.0. The molecule has 3 rings (SSSR count). The molecule has 7 nitrogen and oxygen atoms in total. The average Bonchev–Trinajstić information content (AvgIpc) is 2.86. The number of fused-ring (bicyclic) bond motifs is 1. The molecule has 1 N–H and O–H groups in total. The molecule has 0 aliphatic heterocycles. The van der Waals surface area contributed by atoms with Gasteiger partial charge in [0.2, 0.25) is 5.43 Å². The van der Waals surface area contributed by atoms with Gasteiger partial charge in [0, 0.05) is 18.1 Å². The summed E-state index contributed by atoms with van der Waals surface area (Å²) in [7, 11) is 1.68. The fraction of sp³-hybridized carbons (Fsp3) is 0.333. The van der Waals surface area contributed by atoms with Crippen LogP contribution in [0.4, 0.5) is 5.69 Å². The van der Waals surface area contributed by atoms with Crippen LogP contribution < -0.4 is 10.7 Å². The van der Waals surface area contributed by atoms with E-state index in [4.69, 9.17) is 11.6 Å². The second-order valence-corrected chi connectivity index (χ2v) is 6.94. The first-order valence-electron chi connectivity index (χ1n) is 8.24. The molecule has 0 aliphatic rings. The number of hydrogen-bond acceptors (Lipinski definition) is 4. The molecule has 2 heterocycles. The Labute approximate surface area is 155 Å². The van der Waals surface area contributed by atoms with Crippen molar-refractivity contribution in [1.29, 1.82) is 0 Å². The first kappa shape index (κ1) is 18.1. The number of amides is 1. The molecule has 0 bridgehead atoms. The third-order valence-electron chi connectivity index (χ3n) is 4.28. The molecule has 1 aromatic carbocycles. The van der Waals surface area contributed by atoms with Crippen LogP contribution in [0.25, 0.3) is 10.9 Å². The van der Waals surface area contributed by atoms with Crippen molar-refractivity contribution in [3.63, 3.8) is 0 Å². The molecule has 0 atom stereocenters. The standard InChI is InChI=1S/C18H20ClN5O2/c1-9(2)24-11(4)15(10(3)21-24)20-18(26)16-17(25)13-8-12(19)6-7-14(13)23(5)22-16/h6-9H,1-5H3,(H,20,26). The summed E-state index contributed by atoms with van der Waals surface area (Å²) in [4.78, 5) is 25.5. The lowest BCUT2D eigenvalue weighted by Crippen LogP contribution is -2.26. The van der Waals surface area contributed by atoms with Gasteiger partial charge in [-0.2, -0.15) is 10.2 Å². The van der Waals surface area contributed by atoms with E-state index < -0.39 is 11.3 Å². The molecular formula is C18H20ClN5O2. The first-order valence-corrected chi connectivity index (χ1v) is 8.62. The highest BCUT2D eigenvalue weighted by molar-refractivity contribution is 6.31. The zero-order valence-electron chi connectivity index (χ0n) is 15.3. The number of aromatic nitrogens is 4. The number of aryl methyl sites for hydroxylation is 2. The van der Waals surface area contributed by atoms with E-state index in [2.05, 4.69) is 15.5 Å². The number of anilines is 1. The largest absolute Gasteiger partial charge is 0.317 e. The van der Waals surface area contributed by atoms with Crippen LogP contribution in [0.5, 0.6) is 0 Å². The zero-order chi connectivity index (χ0) is 19.2. The van der Waals surface area contributed by atoms with E-state index in [-0.39, 0.29) is 11.7 Å². The highest BCUT2D eigenvalue weighted by Crippen LogP contribution is 2.23. The number of carbonyl (C=O) groups is 1. The Morgan fingerprint density at radius 1 is 1.23 bits per heavy atom. The number of rotatable bonds is 3. The predicted octanol–water partition coefficient (Wildman–Crippen LogP) is 3.23. The van der Waals surface area contributed by atoms with Gasteiger partial charge in [-0.1, -0.05) is 11.6 Å². The monoisotopic (exact) mass is 373 g/mol. The van der Waals surface area contributed by atoms with Gasteiger partial charge in [-0.05, 0) is 45.9 Å². The molecular weight excluding hydrogens is 354 g/mol. The van der Waals surface area contributed by atoms with Crippen molar-refractivity contribution in [2.45, 2.75) is 33.7 Å². The van der Waals surface area contributed by atoms with Crippen LogP contribution in [0.15, 0.2) is 23.0 Å². The van der Waals surface area contributed by atoms with Crippen molar-refractivity contribution in [2.75, 3.05) is 5.32 Å². The third kappa shape index (κ3) is 2.99. The summed E-state index contributed by atoms with van der Waals surface area (Å²) in [5.41, 5.74) is 2.08. The number of hydrogen-bond donors (Lipinski definition) is 1. The molecule has 2 aromatic heterocycles. The second kappa shape index (κ2) is 6.57. The van der Waals surface area contributed by atoms with Crippen molar-refractivity contribution in [3.05, 3.63) is 50.5 Å². The molecule has 0 spiro atoms. The van der Waals surface area contributed by atoms with E-state index in [9.17, 15) is 9.59 Å². The topological polar surface area (TPSA) is 81.8 Å². The van der Waals surface area contributed by atoms with E-state index >= 15 is 0 Å². The second-order valence-electron chi connectivity index (χ2n) is 6.50. The van der Waals surface area contributed by atoms with E-state index in [0.29, 0.717) is 27.3 Å². The van der Waals surface area contributed by atoms with Crippen LogP contribution in [-0.2, 0) is 7.05 Å². The minimum atomic E-state index is -0.568. The number of halogens is 1. The van der Waals surface area contributed by atoms with Crippen LogP contribution >= 0.6 is 11.6 Å². The minimum Gasteiger partial charge on any atom is -0.317 e. The number of benzene rings is 1. The van der Waals surface area contributed by atoms with E-state index in [0.717, 1.165) is 5.69 Å². The fourth-order valence-electron chi connectivity index (χ4n) is 3.02. The molecule has 136 valence electrons. The smallest absolute Gasteiger partial charge is 0.280 e. The molecule has 26 heavy (non-hydrogen) atoms. The Balaban J connectivity index is 2.07. The molecule has 1 amide bonds. The molecule has 0 fully saturated rings. The fourth-order valence-corrected chi connectivity index (χ4v) is 3.19. The Morgan fingerprint density at radius 3 is 2.54 bits per heavy atom. The van der Waals surface area contributed by atoms with Crippen LogP contribution in [0.3, 0.4) is 0 Å². The Morgan fingerprint density at radius 2 is 1.92 bits per heavy atom. The normalized spacial score (nSPS) is 11.3. The Bertz CT molecular complexity index is 1080. The maximum absolute atomic E-state index is 12.7. The van der Waals surface area contributed by atoms with E-state index in [1.165, 1.54) is 4.68 Å². The molecule has 3 aromatic rings. The summed E-state index contributed by atoms with van der Waals surface area (Å²) >= 11 is 6.00. The lowest BCUT2D eigenvalue weighted by Gasteiger charge is -2.10. The lowest BCUT2D eigenvalue weighted by molar-refractivity contribution is 0.101. The van der Waals surface area contributed by atoms with Crippen LogP contribution in [-0.4, -0.2) is 25.5 Å². The number of nitrogens with zero attached hydrogens (tertiary/aromatic N) is 4. The van der Waals surface area contributed by atoms with Gasteiger partial charge >= 0.3 is 0 Å². The lowest BCUT2D eigenvalue weighted by atomic mass is 10.2. The average molecular weight is 374 g/mol. The summed E-state index contributed by atoms with van der Waals surface area (Å²) in [5, 5.41) is 12.2. The first-order chi connectivity index (χ1) is 12.2. The predicted molar refractivity (Wildman–Crippen MR) is 102 cm³/mol. The van der Waals surface area contributed by atoms with Crippen molar-refractivity contribution in [1.82, 2.24) is 19.6 Å². The Hall–Kier alpha value is -2.67. The van der Waals surface area contributed by atoms with Crippen LogP contribution in [0.1, 0.15) is 41.8 Å². The highest BCUT2D eigenvalue weighted by atomic mass is 35.5. The van der Waals surface area contributed by atoms with Crippen molar-refractivity contribution >= 4 is 34.1 Å². The van der Waals surface area contributed by atoms with Crippen molar-refractivity contribution in [2.24, 2.45) is 7.05 Å². The molecule has 0 aliphatic carbocycles. The SMILES string of the molecule is Cc1nn(C(C)C)c(C)c1NC(=O)c1nn(C)c2ccc(Cl)cc2c1=O. The Kier molecular flexibility index (Phi) is 4.58. The highest BCUT2D eigenvalue weighted by Gasteiger charge is 2.21. The van der Waals surface area contributed by atoms with Crippen molar-refractivity contribution < 1.29 is 4.79 Å².